The van der Waals surface area contributed by atoms with Crippen LogP contribution in [0.1, 0.15) is 39.0 Å². The van der Waals surface area contributed by atoms with E-state index in [0.29, 0.717) is 5.92 Å². The van der Waals surface area contributed by atoms with E-state index in [1.165, 1.54) is 12.8 Å². The molecule has 0 aromatic rings. The van der Waals surface area contributed by atoms with E-state index in [1.54, 1.807) is 0 Å². The minimum absolute atomic E-state index is 0.0398. The average molecular weight is 228 g/mol. The highest BCUT2D eigenvalue weighted by atomic mass is 16.5. The van der Waals surface area contributed by atoms with Crippen LogP contribution in [-0.4, -0.2) is 31.5 Å². The molecule has 1 heterocycles. The van der Waals surface area contributed by atoms with Gasteiger partial charge in [-0.1, -0.05) is 12.8 Å². The summed E-state index contributed by atoms with van der Waals surface area (Å²) in [5.74, 6) is 6.27. The molecule has 0 amide bonds. The predicted molar refractivity (Wildman–Crippen MR) is 62.9 cm³/mol. The Labute approximate surface area is 97.8 Å². The molecular weight excluding hydrogens is 204 g/mol. The summed E-state index contributed by atoms with van der Waals surface area (Å²) in [6.45, 7) is 4.53. The third-order valence-electron chi connectivity index (χ3n) is 4.06. The zero-order valence-corrected chi connectivity index (χ0v) is 10.2. The Morgan fingerprint density at radius 2 is 2.25 bits per heavy atom. The van der Waals surface area contributed by atoms with Gasteiger partial charge < -0.3 is 9.47 Å². The summed E-state index contributed by atoms with van der Waals surface area (Å²) in [6.07, 6.45) is 5.87. The first-order valence-corrected chi connectivity index (χ1v) is 6.50. The van der Waals surface area contributed by atoms with Gasteiger partial charge in [0.05, 0.1) is 18.2 Å². The van der Waals surface area contributed by atoms with E-state index in [9.17, 15) is 0 Å². The number of ether oxygens (including phenoxy) is 2. The number of nitrogens with two attached hydrogens (primary N) is 1. The first-order chi connectivity index (χ1) is 7.82. The Bertz CT molecular complexity index is 211. The van der Waals surface area contributed by atoms with Crippen molar-refractivity contribution in [1.29, 1.82) is 0 Å². The van der Waals surface area contributed by atoms with Crippen LogP contribution < -0.4 is 11.3 Å². The summed E-state index contributed by atoms with van der Waals surface area (Å²) < 4.78 is 11.5. The highest BCUT2D eigenvalue weighted by molar-refractivity contribution is 5.00. The molecule has 2 unspecified atom stereocenters. The number of nitrogens with one attached hydrogen (secondary N) is 1. The quantitative estimate of drug-likeness (QED) is 0.548. The lowest BCUT2D eigenvalue weighted by Crippen LogP contribution is -2.57. The van der Waals surface area contributed by atoms with Gasteiger partial charge in [0.2, 0.25) is 0 Å². The lowest BCUT2D eigenvalue weighted by Gasteiger charge is -2.39. The largest absolute Gasteiger partial charge is 0.381 e. The molecule has 1 saturated heterocycles. The van der Waals surface area contributed by atoms with Crippen LogP contribution >= 0.6 is 0 Å². The molecule has 4 heteroatoms. The molecule has 0 radical (unpaired) electrons. The maximum atomic E-state index is 6.06. The Kier molecular flexibility index (Phi) is 4.19. The minimum Gasteiger partial charge on any atom is -0.381 e. The summed E-state index contributed by atoms with van der Waals surface area (Å²) in [6, 6.07) is 0.248. The van der Waals surface area contributed by atoms with E-state index in [2.05, 4.69) is 12.3 Å². The van der Waals surface area contributed by atoms with Crippen LogP contribution in [0.25, 0.3) is 0 Å². The fraction of sp³-hybridized carbons (Fsp3) is 1.00. The van der Waals surface area contributed by atoms with Gasteiger partial charge in [-0.2, -0.15) is 0 Å². The molecule has 2 atom stereocenters. The first kappa shape index (κ1) is 12.3. The van der Waals surface area contributed by atoms with Crippen molar-refractivity contribution in [2.24, 2.45) is 11.8 Å². The van der Waals surface area contributed by atoms with Crippen molar-refractivity contribution < 1.29 is 9.47 Å². The van der Waals surface area contributed by atoms with Gasteiger partial charge in [-0.05, 0) is 26.2 Å². The van der Waals surface area contributed by atoms with Gasteiger partial charge in [0, 0.05) is 19.1 Å². The normalized spacial score (nSPS) is 30.8. The molecule has 1 aliphatic heterocycles. The van der Waals surface area contributed by atoms with Crippen molar-refractivity contribution >= 4 is 0 Å². The molecule has 2 rings (SSSR count). The van der Waals surface area contributed by atoms with Crippen LogP contribution in [-0.2, 0) is 9.47 Å². The highest BCUT2D eigenvalue weighted by Gasteiger charge is 2.46. The van der Waals surface area contributed by atoms with E-state index < -0.39 is 0 Å². The molecular formula is C12H24N2O2. The van der Waals surface area contributed by atoms with Gasteiger partial charge in [-0.15, -0.1) is 0 Å². The van der Waals surface area contributed by atoms with E-state index in [0.717, 1.165) is 39.1 Å². The fourth-order valence-corrected chi connectivity index (χ4v) is 3.34. The molecule has 1 saturated carbocycles. The summed E-state index contributed by atoms with van der Waals surface area (Å²) in [5.41, 5.74) is 2.97. The molecule has 0 aromatic carbocycles. The summed E-state index contributed by atoms with van der Waals surface area (Å²) in [4.78, 5) is 0. The lowest BCUT2D eigenvalue weighted by atomic mass is 9.82. The number of hydrazine groups is 1. The second-order valence-electron chi connectivity index (χ2n) is 4.97. The Hall–Kier alpha value is -0.160. The van der Waals surface area contributed by atoms with Crippen molar-refractivity contribution in [2.75, 3.05) is 19.8 Å². The van der Waals surface area contributed by atoms with Crippen LogP contribution in [0.4, 0.5) is 0 Å². The Balaban J connectivity index is 2.08. The third kappa shape index (κ3) is 2.25. The molecule has 1 aliphatic carbocycles. The number of hydrogen-bond acceptors (Lipinski definition) is 4. The molecule has 16 heavy (non-hydrogen) atoms. The second kappa shape index (κ2) is 5.45. The van der Waals surface area contributed by atoms with E-state index in [4.69, 9.17) is 15.3 Å². The molecule has 0 bridgehead atoms. The molecule has 4 nitrogen and oxygen atoms in total. The van der Waals surface area contributed by atoms with Gasteiger partial charge in [-0.3, -0.25) is 11.3 Å². The monoisotopic (exact) mass is 228 g/mol. The van der Waals surface area contributed by atoms with Gasteiger partial charge >= 0.3 is 0 Å². The van der Waals surface area contributed by atoms with Crippen LogP contribution in [0, 0.1) is 5.92 Å². The minimum atomic E-state index is -0.0398. The van der Waals surface area contributed by atoms with Crippen LogP contribution in [0.3, 0.4) is 0 Å². The van der Waals surface area contributed by atoms with Gasteiger partial charge in [0.15, 0.2) is 0 Å². The number of rotatable bonds is 5. The molecule has 94 valence electrons. The van der Waals surface area contributed by atoms with Gasteiger partial charge in [0.1, 0.15) is 0 Å². The lowest BCUT2D eigenvalue weighted by molar-refractivity contribution is -0.0758. The average Bonchev–Trinajstić information content (AvgIpc) is 2.92. The second-order valence-corrected chi connectivity index (χ2v) is 4.97. The smallest absolute Gasteiger partial charge is 0.0851 e. The Morgan fingerprint density at radius 3 is 2.75 bits per heavy atom. The topological polar surface area (TPSA) is 56.5 Å². The fourth-order valence-electron chi connectivity index (χ4n) is 3.34. The maximum absolute atomic E-state index is 6.06. The standard InChI is InChI=1S/C12H24N2O2/c1-2-16-12(6-3-4-7-12)11(14-13)10-5-8-15-9-10/h10-11,14H,2-9,13H2,1H3. The van der Waals surface area contributed by atoms with Crippen LogP contribution in [0.5, 0.6) is 0 Å². The molecule has 0 spiro atoms. The predicted octanol–water partition coefficient (Wildman–Crippen LogP) is 1.20. The van der Waals surface area contributed by atoms with Crippen molar-refractivity contribution in [3.05, 3.63) is 0 Å². The van der Waals surface area contributed by atoms with Crippen LogP contribution in [0.2, 0.25) is 0 Å². The van der Waals surface area contributed by atoms with Crippen LogP contribution in [0.15, 0.2) is 0 Å². The van der Waals surface area contributed by atoms with Crippen molar-refractivity contribution in [3.63, 3.8) is 0 Å². The molecule has 3 N–H and O–H groups in total. The van der Waals surface area contributed by atoms with E-state index in [1.807, 2.05) is 0 Å². The van der Waals surface area contributed by atoms with Gasteiger partial charge in [-0.25, -0.2) is 0 Å². The summed E-state index contributed by atoms with van der Waals surface area (Å²) in [7, 11) is 0. The van der Waals surface area contributed by atoms with E-state index in [-0.39, 0.29) is 11.6 Å². The zero-order chi connectivity index (χ0) is 11.4. The maximum Gasteiger partial charge on any atom is 0.0851 e. The third-order valence-corrected chi connectivity index (χ3v) is 4.06. The molecule has 2 fully saturated rings. The zero-order valence-electron chi connectivity index (χ0n) is 10.2. The van der Waals surface area contributed by atoms with Crippen molar-refractivity contribution in [1.82, 2.24) is 5.43 Å². The van der Waals surface area contributed by atoms with Gasteiger partial charge in [0.25, 0.3) is 0 Å². The SMILES string of the molecule is CCOC1(C(NN)C2CCOC2)CCCC1. The van der Waals surface area contributed by atoms with Crippen molar-refractivity contribution in [2.45, 2.75) is 50.7 Å². The molecule has 2 aliphatic rings. The Morgan fingerprint density at radius 1 is 1.50 bits per heavy atom. The summed E-state index contributed by atoms with van der Waals surface area (Å²) in [5, 5.41) is 0. The van der Waals surface area contributed by atoms with E-state index >= 15 is 0 Å². The first-order valence-electron chi connectivity index (χ1n) is 6.50. The van der Waals surface area contributed by atoms with Crippen molar-refractivity contribution in [3.8, 4) is 0 Å². The highest BCUT2D eigenvalue weighted by Crippen LogP contribution is 2.40. The number of hydrogen-bond donors (Lipinski definition) is 2. The molecule has 0 aromatic heterocycles. The summed E-state index contributed by atoms with van der Waals surface area (Å²) >= 11 is 0.